The zero-order chi connectivity index (χ0) is 15.7. The smallest absolute Gasteiger partial charge is 0.240 e. The van der Waals surface area contributed by atoms with Crippen molar-refractivity contribution in [3.8, 4) is 0 Å². The van der Waals surface area contributed by atoms with Gasteiger partial charge in [0.25, 0.3) is 0 Å². The van der Waals surface area contributed by atoms with Gasteiger partial charge in [-0.3, -0.25) is 15.0 Å². The Bertz CT molecular complexity index is 502. The number of piperazine rings is 1. The van der Waals surface area contributed by atoms with E-state index in [-0.39, 0.29) is 16.9 Å². The molecule has 1 aliphatic rings. The number of amides is 1. The van der Waals surface area contributed by atoms with E-state index >= 15 is 0 Å². The molecular weight excluding hydrogens is 268 g/mol. The minimum Gasteiger partial charge on any atom is -0.338 e. The molecule has 0 saturated carbocycles. The van der Waals surface area contributed by atoms with Crippen LogP contribution in [0, 0.1) is 0 Å². The van der Waals surface area contributed by atoms with Crippen molar-refractivity contribution >= 4 is 11.8 Å². The molecule has 6 heteroatoms. The van der Waals surface area contributed by atoms with Crippen molar-refractivity contribution in [2.75, 3.05) is 31.5 Å². The number of carbonyl (C=O) groups is 1. The number of hydrogen-bond acceptors (Lipinski definition) is 5. The summed E-state index contributed by atoms with van der Waals surface area (Å²) in [7, 11) is 0. The highest BCUT2D eigenvalue weighted by Crippen LogP contribution is 2.23. The van der Waals surface area contributed by atoms with Gasteiger partial charge in [-0.1, -0.05) is 25.9 Å². The quantitative estimate of drug-likeness (QED) is 0.886. The van der Waals surface area contributed by atoms with Crippen LogP contribution in [0.5, 0.6) is 0 Å². The molecule has 0 atom stereocenters. The summed E-state index contributed by atoms with van der Waals surface area (Å²) in [6, 6.07) is 1.79. The fraction of sp³-hybridized carbons (Fsp3) is 0.733. The van der Waals surface area contributed by atoms with Gasteiger partial charge >= 0.3 is 0 Å². The monoisotopic (exact) mass is 294 g/mol. The number of carbonyl (C=O) groups excluding carboxylic acids is 1. The van der Waals surface area contributed by atoms with E-state index in [2.05, 4.69) is 55.3 Å². The van der Waals surface area contributed by atoms with Crippen molar-refractivity contribution in [1.82, 2.24) is 15.4 Å². The molecule has 1 aromatic rings. The standard InChI is InChI=1S/C15H26N4O2/c1-14(2,3)11-8-13(21-18-11)17-12(20)9-19-7-6-16-10-15(19,4)5/h8,16H,6-7,9-10H2,1-5H3,(H,17,20). The minimum atomic E-state index is -0.0903. The van der Waals surface area contributed by atoms with Crippen LogP contribution in [0.4, 0.5) is 5.88 Å². The molecule has 6 nitrogen and oxygen atoms in total. The van der Waals surface area contributed by atoms with Crippen molar-refractivity contribution in [3.63, 3.8) is 0 Å². The first-order valence-electron chi connectivity index (χ1n) is 7.41. The van der Waals surface area contributed by atoms with Gasteiger partial charge in [0, 0.05) is 36.7 Å². The molecule has 0 unspecified atom stereocenters. The number of nitrogens with one attached hydrogen (secondary N) is 2. The number of rotatable bonds is 3. The van der Waals surface area contributed by atoms with E-state index in [1.54, 1.807) is 6.07 Å². The average Bonchev–Trinajstić information content (AvgIpc) is 2.80. The van der Waals surface area contributed by atoms with E-state index < -0.39 is 0 Å². The summed E-state index contributed by atoms with van der Waals surface area (Å²) < 4.78 is 5.19. The van der Waals surface area contributed by atoms with E-state index in [4.69, 9.17) is 4.52 Å². The third-order valence-corrected chi connectivity index (χ3v) is 3.85. The first-order valence-corrected chi connectivity index (χ1v) is 7.41. The van der Waals surface area contributed by atoms with Crippen molar-refractivity contribution < 1.29 is 9.32 Å². The molecule has 1 amide bonds. The van der Waals surface area contributed by atoms with Gasteiger partial charge in [-0.15, -0.1) is 0 Å². The largest absolute Gasteiger partial charge is 0.338 e. The summed E-state index contributed by atoms with van der Waals surface area (Å²) in [4.78, 5) is 14.3. The van der Waals surface area contributed by atoms with Crippen molar-refractivity contribution in [2.45, 2.75) is 45.6 Å². The lowest BCUT2D eigenvalue weighted by Gasteiger charge is -2.42. The Kier molecular flexibility index (Phi) is 4.39. The number of hydrogen-bond donors (Lipinski definition) is 2. The molecule has 1 aromatic heterocycles. The molecule has 2 N–H and O–H groups in total. The molecule has 1 aliphatic heterocycles. The normalized spacial score (nSPS) is 19.5. The lowest BCUT2D eigenvalue weighted by Crippen LogP contribution is -2.59. The molecule has 0 aromatic carbocycles. The van der Waals surface area contributed by atoms with Crippen LogP contribution in [0.25, 0.3) is 0 Å². The molecule has 0 radical (unpaired) electrons. The van der Waals surface area contributed by atoms with Crippen LogP contribution in [-0.4, -0.2) is 47.7 Å². The second kappa shape index (κ2) is 5.77. The summed E-state index contributed by atoms with van der Waals surface area (Å²) in [6.07, 6.45) is 0. The lowest BCUT2D eigenvalue weighted by molar-refractivity contribution is -0.119. The molecule has 2 heterocycles. The fourth-order valence-electron chi connectivity index (χ4n) is 2.35. The Hall–Kier alpha value is -1.40. The van der Waals surface area contributed by atoms with Crippen molar-refractivity contribution in [3.05, 3.63) is 11.8 Å². The first kappa shape index (κ1) is 16.0. The number of anilines is 1. The van der Waals surface area contributed by atoms with E-state index in [1.807, 2.05) is 0 Å². The SMILES string of the molecule is CC(C)(C)c1cc(NC(=O)CN2CCNCC2(C)C)on1. The van der Waals surface area contributed by atoms with Gasteiger partial charge in [0.15, 0.2) is 0 Å². The topological polar surface area (TPSA) is 70.4 Å². The van der Waals surface area contributed by atoms with Gasteiger partial charge in [0.2, 0.25) is 11.8 Å². The van der Waals surface area contributed by atoms with Crippen LogP contribution in [0.2, 0.25) is 0 Å². The maximum atomic E-state index is 12.2. The van der Waals surface area contributed by atoms with E-state index in [0.717, 1.165) is 25.3 Å². The van der Waals surface area contributed by atoms with E-state index in [1.165, 1.54) is 0 Å². The number of aromatic nitrogens is 1. The third-order valence-electron chi connectivity index (χ3n) is 3.85. The summed E-state index contributed by atoms with van der Waals surface area (Å²) in [5, 5.41) is 10.1. The van der Waals surface area contributed by atoms with Crippen LogP contribution >= 0.6 is 0 Å². The van der Waals surface area contributed by atoms with Crippen LogP contribution in [0.3, 0.4) is 0 Å². The van der Waals surface area contributed by atoms with Gasteiger partial charge in [-0.05, 0) is 13.8 Å². The van der Waals surface area contributed by atoms with Crippen LogP contribution < -0.4 is 10.6 Å². The number of nitrogens with zero attached hydrogens (tertiary/aromatic N) is 2. The van der Waals surface area contributed by atoms with Crippen LogP contribution in [0.1, 0.15) is 40.3 Å². The minimum absolute atomic E-state index is 0.0203. The molecular formula is C15H26N4O2. The third kappa shape index (κ3) is 4.04. The first-order chi connectivity index (χ1) is 9.68. The van der Waals surface area contributed by atoms with Gasteiger partial charge in [-0.25, -0.2) is 0 Å². The Morgan fingerprint density at radius 2 is 2.24 bits per heavy atom. The summed E-state index contributed by atoms with van der Waals surface area (Å²) >= 11 is 0. The predicted molar refractivity (Wildman–Crippen MR) is 82.4 cm³/mol. The molecule has 1 saturated heterocycles. The van der Waals surface area contributed by atoms with Crippen molar-refractivity contribution in [1.29, 1.82) is 0 Å². The van der Waals surface area contributed by atoms with Crippen LogP contribution in [-0.2, 0) is 10.2 Å². The summed E-state index contributed by atoms with van der Waals surface area (Å²) in [5.41, 5.74) is 0.723. The highest BCUT2D eigenvalue weighted by atomic mass is 16.5. The van der Waals surface area contributed by atoms with Gasteiger partial charge < -0.3 is 9.84 Å². The molecule has 0 aliphatic carbocycles. The van der Waals surface area contributed by atoms with E-state index in [0.29, 0.717) is 12.4 Å². The summed E-state index contributed by atoms with van der Waals surface area (Å²) in [5.74, 6) is 0.347. The van der Waals surface area contributed by atoms with Gasteiger partial charge in [0.1, 0.15) is 0 Å². The van der Waals surface area contributed by atoms with Gasteiger partial charge in [-0.2, -0.15) is 0 Å². The Morgan fingerprint density at radius 1 is 1.52 bits per heavy atom. The maximum Gasteiger partial charge on any atom is 0.240 e. The zero-order valence-electron chi connectivity index (χ0n) is 13.6. The highest BCUT2D eigenvalue weighted by molar-refractivity contribution is 5.91. The molecule has 21 heavy (non-hydrogen) atoms. The second-order valence-electron chi connectivity index (χ2n) is 7.29. The average molecular weight is 294 g/mol. The fourth-order valence-corrected chi connectivity index (χ4v) is 2.35. The lowest BCUT2D eigenvalue weighted by atomic mass is 9.92. The predicted octanol–water partition coefficient (Wildman–Crippen LogP) is 1.59. The molecule has 1 fully saturated rings. The summed E-state index contributed by atoms with van der Waals surface area (Å²) in [6.45, 7) is 13.5. The molecule has 118 valence electrons. The van der Waals surface area contributed by atoms with Crippen LogP contribution in [0.15, 0.2) is 10.6 Å². The molecule has 0 bridgehead atoms. The van der Waals surface area contributed by atoms with E-state index in [9.17, 15) is 4.79 Å². The molecule has 0 spiro atoms. The van der Waals surface area contributed by atoms with Gasteiger partial charge in [0.05, 0.1) is 12.2 Å². The van der Waals surface area contributed by atoms with Crippen molar-refractivity contribution in [2.24, 2.45) is 0 Å². The Labute approximate surface area is 126 Å². The Morgan fingerprint density at radius 3 is 2.81 bits per heavy atom. The maximum absolute atomic E-state index is 12.2. The molecule has 2 rings (SSSR count). The Balaban J connectivity index is 1.94. The highest BCUT2D eigenvalue weighted by Gasteiger charge is 2.31. The second-order valence-corrected chi connectivity index (χ2v) is 7.29. The zero-order valence-corrected chi connectivity index (χ0v) is 13.6.